The van der Waals surface area contributed by atoms with Crippen LogP contribution in [0.1, 0.15) is 12.0 Å². The predicted molar refractivity (Wildman–Crippen MR) is 138 cm³/mol. The second-order valence-electron chi connectivity index (χ2n) is 7.67. The number of halogens is 6. The molecule has 0 amide bonds. The topological polar surface area (TPSA) is 70.5 Å². The molecule has 35 heavy (non-hydrogen) atoms. The average molecular weight is 644 g/mol. The molecule has 1 N–H and O–H groups in total. The Balaban J connectivity index is 2.02. The Kier molecular flexibility index (Phi) is 8.81. The lowest BCUT2D eigenvalue weighted by molar-refractivity contribution is -0.137. The highest BCUT2D eigenvalue weighted by Crippen LogP contribution is 2.38. The molecular weight excluding hydrogens is 624 g/mol. The minimum Gasteiger partial charge on any atom is -0.379 e. The first-order valence-corrected chi connectivity index (χ1v) is 14.5. The highest BCUT2D eigenvalue weighted by molar-refractivity contribution is 14.2. The second-order valence-corrected chi connectivity index (χ2v) is 10.1. The normalized spacial score (nSPS) is 15.2. The van der Waals surface area contributed by atoms with Crippen molar-refractivity contribution < 1.29 is 22.4 Å². The summed E-state index contributed by atoms with van der Waals surface area (Å²) >= 11 is 8.33. The summed E-state index contributed by atoms with van der Waals surface area (Å²) in [6, 6.07) is 2.29. The number of allylic oxidation sites excluding steroid dienone is 2. The van der Waals surface area contributed by atoms with Crippen molar-refractivity contribution in [1.82, 2.24) is 14.5 Å². The van der Waals surface area contributed by atoms with Crippen molar-refractivity contribution in [3.8, 4) is 0 Å². The SMILES string of the molecule is CN(C)C1=C(/C(=C\C=O)Nc2ccc(F)cc2C(F)(F)F)CCN(c2cnn(PI)c(=O)c2Cl)C1. The first kappa shape index (κ1) is 27.4. The smallest absolute Gasteiger partial charge is 0.379 e. The summed E-state index contributed by atoms with van der Waals surface area (Å²) < 4.78 is 55.3. The van der Waals surface area contributed by atoms with E-state index >= 15 is 0 Å². The Morgan fingerprint density at radius 1 is 1.34 bits per heavy atom. The maximum absolute atomic E-state index is 13.5. The molecule has 7 nitrogen and oxygen atoms in total. The Morgan fingerprint density at radius 2 is 2.06 bits per heavy atom. The number of aldehydes is 1. The van der Waals surface area contributed by atoms with Gasteiger partial charge in [-0.2, -0.15) is 18.3 Å². The molecule has 188 valence electrons. The van der Waals surface area contributed by atoms with Gasteiger partial charge in [-0.25, -0.2) is 8.84 Å². The third-order valence-corrected chi connectivity index (χ3v) is 7.50. The van der Waals surface area contributed by atoms with Gasteiger partial charge in [-0.15, -0.1) is 0 Å². The summed E-state index contributed by atoms with van der Waals surface area (Å²) in [5.74, 6) is -1.03. The lowest BCUT2D eigenvalue weighted by Gasteiger charge is -2.36. The number of carbonyl (C=O) groups is 1. The van der Waals surface area contributed by atoms with Crippen molar-refractivity contribution in [1.29, 1.82) is 0 Å². The van der Waals surface area contributed by atoms with E-state index < -0.39 is 23.1 Å². The van der Waals surface area contributed by atoms with E-state index in [1.165, 1.54) is 10.6 Å². The van der Waals surface area contributed by atoms with Crippen molar-refractivity contribution in [3.05, 3.63) is 74.2 Å². The fraction of sp³-hybridized carbons (Fsp3) is 0.286. The van der Waals surface area contributed by atoms with Crippen LogP contribution in [-0.2, 0) is 11.0 Å². The Morgan fingerprint density at radius 3 is 2.66 bits per heavy atom. The number of carbonyl (C=O) groups excluding carboxylic acids is 1. The van der Waals surface area contributed by atoms with Gasteiger partial charge >= 0.3 is 6.18 Å². The third-order valence-electron chi connectivity index (χ3n) is 5.30. The molecule has 0 saturated heterocycles. The maximum Gasteiger partial charge on any atom is 0.418 e. The largest absolute Gasteiger partial charge is 0.418 e. The number of hydrogen-bond acceptors (Lipinski definition) is 6. The molecule has 1 atom stereocenters. The molecule has 1 aliphatic heterocycles. The molecule has 0 spiro atoms. The molecular formula is C21H20ClF4IN5O2P. The number of nitrogens with zero attached hydrogens (tertiary/aromatic N) is 4. The van der Waals surface area contributed by atoms with Gasteiger partial charge in [0.1, 0.15) is 17.1 Å². The molecule has 2 heterocycles. The predicted octanol–water partition coefficient (Wildman–Crippen LogP) is 5.07. The highest BCUT2D eigenvalue weighted by atomic mass is 127. The number of anilines is 2. The first-order chi connectivity index (χ1) is 16.5. The minimum atomic E-state index is -4.80. The summed E-state index contributed by atoms with van der Waals surface area (Å²) in [6.07, 6.45) is -1.30. The molecule has 1 aliphatic rings. The fourth-order valence-electron chi connectivity index (χ4n) is 3.65. The van der Waals surface area contributed by atoms with Crippen LogP contribution in [0, 0.1) is 5.82 Å². The van der Waals surface area contributed by atoms with E-state index in [1.54, 1.807) is 19.0 Å². The molecule has 1 aromatic carbocycles. The first-order valence-electron chi connectivity index (χ1n) is 10.1. The Hall–Kier alpha value is -2.18. The van der Waals surface area contributed by atoms with E-state index in [4.69, 9.17) is 11.6 Å². The fourth-order valence-corrected chi connectivity index (χ4v) is 5.29. The number of likely N-dealkylation sites (N-methyl/N-ethyl adjacent to an activating group) is 1. The van der Waals surface area contributed by atoms with Gasteiger partial charge in [0.25, 0.3) is 5.56 Å². The zero-order chi connectivity index (χ0) is 25.9. The number of rotatable bonds is 7. The molecule has 3 rings (SSSR count). The molecule has 0 bridgehead atoms. The van der Waals surface area contributed by atoms with Crippen LogP contribution >= 0.6 is 40.0 Å². The van der Waals surface area contributed by atoms with Gasteiger partial charge in [-0.3, -0.25) is 9.59 Å². The Bertz CT molecular complexity index is 1250. The number of nitrogens with one attached hydrogen (secondary N) is 1. The van der Waals surface area contributed by atoms with Gasteiger partial charge in [0, 0.05) is 38.1 Å². The van der Waals surface area contributed by atoms with E-state index in [0.29, 0.717) is 42.3 Å². The average Bonchev–Trinajstić information content (AvgIpc) is 2.80. The van der Waals surface area contributed by atoms with Crippen LogP contribution in [0.5, 0.6) is 0 Å². The molecule has 14 heteroatoms. The Labute approximate surface area is 218 Å². The van der Waals surface area contributed by atoms with Crippen LogP contribution in [-0.4, -0.2) is 47.9 Å². The van der Waals surface area contributed by atoms with E-state index in [2.05, 4.69) is 10.4 Å². The van der Waals surface area contributed by atoms with Crippen LogP contribution in [0.2, 0.25) is 5.02 Å². The van der Waals surface area contributed by atoms with Crippen molar-refractivity contribution >= 4 is 57.7 Å². The number of benzene rings is 1. The summed E-state index contributed by atoms with van der Waals surface area (Å²) in [5, 5.41) is 6.83. The zero-order valence-corrected chi connectivity index (χ0v) is 22.4. The summed E-state index contributed by atoms with van der Waals surface area (Å²) in [7, 11) is 3.51. The molecule has 0 fully saturated rings. The van der Waals surface area contributed by atoms with Crippen LogP contribution in [0.25, 0.3) is 0 Å². The lowest BCUT2D eigenvalue weighted by Crippen LogP contribution is -2.38. The molecule has 0 saturated carbocycles. The van der Waals surface area contributed by atoms with Crippen molar-refractivity contribution in [2.75, 3.05) is 37.4 Å². The van der Waals surface area contributed by atoms with Gasteiger partial charge in [0.15, 0.2) is 0 Å². The van der Waals surface area contributed by atoms with E-state index in [1.807, 2.05) is 26.9 Å². The standard InChI is InChI=1S/C21H20ClF4IN5O2P/c1-30(2)18-11-31(17-10-28-32(35-27)20(34)19(17)22)7-5-13(18)15(6-8-33)29-16-4-3-12(23)9-14(16)21(24,25)26/h3-4,6,8-10,29,35H,5,7,11H2,1-2H3/b15-6+. The zero-order valence-electron chi connectivity index (χ0n) is 18.5. The van der Waals surface area contributed by atoms with E-state index in [0.717, 1.165) is 18.2 Å². The molecule has 0 aliphatic carbocycles. The van der Waals surface area contributed by atoms with Crippen LogP contribution in [0.4, 0.5) is 28.9 Å². The summed E-state index contributed by atoms with van der Waals surface area (Å²) in [5.41, 5.74) is -0.106. The van der Waals surface area contributed by atoms with Crippen LogP contribution in [0.3, 0.4) is 0 Å². The van der Waals surface area contributed by atoms with Gasteiger partial charge in [0.2, 0.25) is 0 Å². The van der Waals surface area contributed by atoms with Crippen LogP contribution in [0.15, 0.2) is 52.2 Å². The van der Waals surface area contributed by atoms with Gasteiger partial charge in [-0.1, -0.05) is 11.6 Å². The van der Waals surface area contributed by atoms with E-state index in [9.17, 15) is 27.2 Å². The minimum absolute atomic E-state index is 0.0219. The molecule has 0 radical (unpaired) electrons. The second kappa shape index (κ2) is 11.3. The van der Waals surface area contributed by atoms with Crippen molar-refractivity contribution in [2.45, 2.75) is 12.6 Å². The number of alkyl halides is 3. The van der Waals surface area contributed by atoms with Gasteiger partial charge in [-0.05, 0) is 52.2 Å². The lowest BCUT2D eigenvalue weighted by atomic mass is 9.99. The molecule has 2 aromatic rings. The van der Waals surface area contributed by atoms with E-state index in [-0.39, 0.29) is 29.3 Å². The van der Waals surface area contributed by atoms with Crippen LogP contribution < -0.4 is 15.8 Å². The van der Waals surface area contributed by atoms with Gasteiger partial charge < -0.3 is 15.1 Å². The number of aromatic nitrogens is 2. The number of hydrogen-bond donors (Lipinski definition) is 1. The van der Waals surface area contributed by atoms with Crippen molar-refractivity contribution in [3.63, 3.8) is 0 Å². The maximum atomic E-state index is 13.5. The third kappa shape index (κ3) is 6.15. The molecule has 1 aromatic heterocycles. The monoisotopic (exact) mass is 643 g/mol. The highest BCUT2D eigenvalue weighted by Gasteiger charge is 2.35. The molecule has 1 unspecified atom stereocenters. The summed E-state index contributed by atoms with van der Waals surface area (Å²) in [4.78, 5) is 27.4. The summed E-state index contributed by atoms with van der Waals surface area (Å²) in [6.45, 7) is 0.616. The van der Waals surface area contributed by atoms with Crippen molar-refractivity contribution in [2.24, 2.45) is 0 Å². The van der Waals surface area contributed by atoms with Gasteiger partial charge in [0.05, 0.1) is 36.1 Å². The quantitative estimate of drug-likeness (QED) is 0.150.